The third-order valence-corrected chi connectivity index (χ3v) is 7.64. The maximum Gasteiger partial charge on any atom is 0.324 e. The Morgan fingerprint density at radius 2 is 1.28 bits per heavy atom. The Morgan fingerprint density at radius 3 is 1.78 bits per heavy atom. The molecule has 1 saturated heterocycles. The molecule has 1 fully saturated rings. The molecule has 1 aliphatic rings. The van der Waals surface area contributed by atoms with Crippen LogP contribution >= 0.6 is 6.72 Å². The van der Waals surface area contributed by atoms with E-state index in [4.69, 9.17) is 30.3 Å². The van der Waals surface area contributed by atoms with Crippen LogP contribution in [0.4, 0.5) is 0 Å². The fraction of sp³-hybridized carbons (Fsp3) is 0.417. The van der Waals surface area contributed by atoms with E-state index in [1.165, 1.54) is 7.11 Å². The summed E-state index contributed by atoms with van der Waals surface area (Å²) in [5, 5.41) is 2.76. The molecule has 0 radical (unpaired) electrons. The number of methoxy groups -OCH3 is 1. The zero-order chi connectivity index (χ0) is 33.7. The van der Waals surface area contributed by atoms with E-state index in [1.54, 1.807) is 14.0 Å². The summed E-state index contributed by atoms with van der Waals surface area (Å²) in [4.78, 5) is 22.0. The summed E-state index contributed by atoms with van der Waals surface area (Å²) in [6, 6.07) is -0.0402. The average molecular weight is 650 g/mol. The molecular weight excluding hydrogens is 616 g/mol. The van der Waals surface area contributed by atoms with E-state index in [9.17, 15) is 9.69 Å². The minimum absolute atomic E-state index is 0.0402. The van der Waals surface area contributed by atoms with Crippen molar-refractivity contribution in [3.05, 3.63) is 0 Å². The largest absolute Gasteiger partial charge is 0.382 e. The van der Waals surface area contributed by atoms with Gasteiger partial charge in [0, 0.05) is 50.4 Å². The standard InChI is InChI=1S/C36H33BNO6PS/c1-4-5-6-7-8-9-10-11-12-13-14-15-16-17-18-19-20-23-26-29-34(39)38-30-27-24-21-22-25-28-32-35(44-45(40,46)42-3)33(31-41-2)43-36(32)37/h32-33,35-36H,21-22,24-25,27-28,30-31,37H2,1-3H3,(H,38,39)(H,40,46)/t32-,33+,35?,36+,45?/m0/s1. The number of unbranched alkanes of at least 4 members (excludes halogenated alkanes) is 4. The van der Waals surface area contributed by atoms with Gasteiger partial charge in [-0.25, -0.2) is 0 Å². The van der Waals surface area contributed by atoms with E-state index in [1.807, 2.05) is 7.85 Å². The normalized spacial score (nSPS) is 17.6. The molecule has 1 aliphatic heterocycles. The van der Waals surface area contributed by atoms with Gasteiger partial charge in [0.25, 0.3) is 5.91 Å². The van der Waals surface area contributed by atoms with Gasteiger partial charge in [0.05, 0.1) is 6.61 Å². The van der Waals surface area contributed by atoms with Crippen LogP contribution in [0.3, 0.4) is 0 Å². The van der Waals surface area contributed by atoms with Gasteiger partial charge in [-0.1, -0.05) is 31.6 Å². The van der Waals surface area contributed by atoms with Crippen LogP contribution in [0.2, 0.25) is 0 Å². The van der Waals surface area contributed by atoms with E-state index in [2.05, 4.69) is 124 Å². The molecule has 1 amide bonds. The van der Waals surface area contributed by atoms with Crippen molar-refractivity contribution in [2.45, 2.75) is 63.7 Å². The molecule has 0 spiro atoms. The van der Waals surface area contributed by atoms with Crippen LogP contribution in [0.25, 0.3) is 0 Å². The number of rotatable bonds is 13. The number of amides is 1. The lowest BCUT2D eigenvalue weighted by Gasteiger charge is -2.26. The maximum atomic E-state index is 11.8. The van der Waals surface area contributed by atoms with Gasteiger partial charge in [0.1, 0.15) is 20.1 Å². The van der Waals surface area contributed by atoms with Crippen molar-refractivity contribution in [2.24, 2.45) is 5.92 Å². The molecule has 7 nitrogen and oxygen atoms in total. The SMILES string of the molecule is B[C@@H]1O[C@H](COC)C(OP(O)(=S)OC)[C@@H]1CCCCCCCNC(=O)C#CC#CC#CC#CC#CC#CC#CC#CC#CC#CC. The fourth-order valence-electron chi connectivity index (χ4n) is 3.97. The summed E-state index contributed by atoms with van der Waals surface area (Å²) in [5.41, 5.74) is 0. The van der Waals surface area contributed by atoms with E-state index in [0.717, 1.165) is 38.5 Å². The Labute approximate surface area is 280 Å². The van der Waals surface area contributed by atoms with Crippen molar-refractivity contribution < 1.29 is 28.2 Å². The molecule has 0 aromatic rings. The Balaban J connectivity index is 2.28. The first-order chi connectivity index (χ1) is 22.3. The minimum Gasteiger partial charge on any atom is -0.382 e. The molecule has 232 valence electrons. The highest BCUT2D eigenvalue weighted by Gasteiger charge is 2.44. The van der Waals surface area contributed by atoms with Crippen molar-refractivity contribution in [3.63, 3.8) is 0 Å². The fourth-order valence-corrected chi connectivity index (χ4v) is 4.95. The Bertz CT molecular complexity index is 1740. The Kier molecular flexibility index (Phi) is 22.3. The predicted octanol–water partition coefficient (Wildman–Crippen LogP) is 1.37. The monoisotopic (exact) mass is 649 g/mol. The summed E-state index contributed by atoms with van der Waals surface area (Å²) in [6.45, 7) is -0.740. The number of carbonyl (C=O) groups excluding carboxylic acids is 1. The molecule has 46 heavy (non-hydrogen) atoms. The van der Waals surface area contributed by atoms with Gasteiger partial charge in [0.15, 0.2) is 0 Å². The van der Waals surface area contributed by atoms with Crippen molar-refractivity contribution in [1.82, 2.24) is 5.32 Å². The molecule has 0 saturated carbocycles. The second kappa shape index (κ2) is 25.9. The third-order valence-electron chi connectivity index (χ3n) is 5.96. The van der Waals surface area contributed by atoms with Gasteiger partial charge < -0.3 is 28.7 Å². The zero-order valence-electron chi connectivity index (χ0n) is 26.3. The molecule has 0 aromatic carbocycles. The second-order valence-electron chi connectivity index (χ2n) is 9.16. The summed E-state index contributed by atoms with van der Waals surface area (Å²) < 4.78 is 22.0. The van der Waals surface area contributed by atoms with Crippen LogP contribution in [0.1, 0.15) is 45.4 Å². The second-order valence-corrected chi connectivity index (χ2v) is 12.1. The zero-order valence-corrected chi connectivity index (χ0v) is 28.0. The van der Waals surface area contributed by atoms with Gasteiger partial charge in [-0.15, -0.1) is 0 Å². The maximum absolute atomic E-state index is 11.8. The third kappa shape index (κ3) is 19.8. The quantitative estimate of drug-likeness (QED) is 0.135. The van der Waals surface area contributed by atoms with Gasteiger partial charge in [-0.3, -0.25) is 4.79 Å². The molecule has 2 N–H and O–H groups in total. The van der Waals surface area contributed by atoms with E-state index < -0.39 is 12.6 Å². The molecule has 0 aliphatic carbocycles. The van der Waals surface area contributed by atoms with Crippen molar-refractivity contribution in [3.8, 4) is 118 Å². The average Bonchev–Trinajstić information content (AvgIpc) is 3.31. The number of ether oxygens (including phenoxy) is 2. The molecule has 0 aromatic heterocycles. The number of hydrogen-bond donors (Lipinski definition) is 2. The summed E-state index contributed by atoms with van der Waals surface area (Å²) >= 11 is 5.06. The lowest BCUT2D eigenvalue weighted by Crippen LogP contribution is -2.33. The first-order valence-electron chi connectivity index (χ1n) is 14.3. The number of carbonyl (C=O) groups is 1. The summed E-state index contributed by atoms with van der Waals surface area (Å²) in [7, 11) is 4.94. The van der Waals surface area contributed by atoms with Gasteiger partial charge in [-0.2, -0.15) is 0 Å². The van der Waals surface area contributed by atoms with E-state index >= 15 is 0 Å². The van der Waals surface area contributed by atoms with Crippen molar-refractivity contribution in [1.29, 1.82) is 0 Å². The van der Waals surface area contributed by atoms with Crippen LogP contribution in [-0.2, 0) is 35.1 Å². The number of hydrogen-bond acceptors (Lipinski definition) is 6. The lowest BCUT2D eigenvalue weighted by molar-refractivity contribution is -0.115. The Hall–Kier alpha value is -4.42. The summed E-state index contributed by atoms with van der Waals surface area (Å²) in [5.74, 6) is 49.9. The lowest BCUT2D eigenvalue weighted by atomic mass is 9.81. The molecule has 1 rings (SSSR count). The molecule has 1 heterocycles. The van der Waals surface area contributed by atoms with Crippen molar-refractivity contribution >= 4 is 32.3 Å². The molecule has 10 heteroatoms. The van der Waals surface area contributed by atoms with Gasteiger partial charge in [-0.05, 0) is 126 Å². The molecule has 2 unspecified atom stereocenters. The number of nitrogens with one attached hydrogen (secondary N) is 1. The topological polar surface area (TPSA) is 86.2 Å². The van der Waals surface area contributed by atoms with Crippen LogP contribution in [0.15, 0.2) is 0 Å². The van der Waals surface area contributed by atoms with Crippen LogP contribution in [-0.4, -0.2) is 64.2 Å². The first kappa shape index (κ1) is 39.6. The first-order valence-corrected chi connectivity index (χ1v) is 16.9. The van der Waals surface area contributed by atoms with Crippen LogP contribution < -0.4 is 5.32 Å². The molecule has 0 bridgehead atoms. The van der Waals surface area contributed by atoms with E-state index in [-0.39, 0.29) is 24.1 Å². The molecule has 5 atom stereocenters. The van der Waals surface area contributed by atoms with E-state index in [0.29, 0.717) is 13.2 Å². The highest BCUT2D eigenvalue weighted by molar-refractivity contribution is 8.07. The minimum atomic E-state index is -3.32. The van der Waals surface area contributed by atoms with Crippen LogP contribution in [0.5, 0.6) is 0 Å². The Morgan fingerprint density at radius 1 is 0.804 bits per heavy atom. The molecular formula is C36H33BNO6PS. The van der Waals surface area contributed by atoms with Gasteiger partial charge >= 0.3 is 6.72 Å². The predicted molar refractivity (Wildman–Crippen MR) is 185 cm³/mol. The van der Waals surface area contributed by atoms with Crippen molar-refractivity contribution in [2.75, 3.05) is 27.4 Å². The highest BCUT2D eigenvalue weighted by atomic mass is 32.5. The van der Waals surface area contributed by atoms with Crippen LogP contribution in [0, 0.1) is 124 Å². The van der Waals surface area contributed by atoms with Gasteiger partial charge in [0.2, 0.25) is 0 Å². The highest BCUT2D eigenvalue weighted by Crippen LogP contribution is 2.48. The smallest absolute Gasteiger partial charge is 0.324 e. The summed E-state index contributed by atoms with van der Waals surface area (Å²) in [6.07, 6.45) is 5.04.